The van der Waals surface area contributed by atoms with E-state index in [-0.39, 0.29) is 0 Å². The predicted octanol–water partition coefficient (Wildman–Crippen LogP) is 5.16. The van der Waals surface area contributed by atoms with Crippen LogP contribution in [0.4, 0.5) is 0 Å². The van der Waals surface area contributed by atoms with Crippen LogP contribution in [0, 0.1) is 12.8 Å². The van der Waals surface area contributed by atoms with Crippen molar-refractivity contribution in [3.8, 4) is 0 Å². The molecular formula is C16H24. The fourth-order valence-electron chi connectivity index (χ4n) is 1.24. The summed E-state index contributed by atoms with van der Waals surface area (Å²) in [5, 5.41) is 0. The van der Waals surface area contributed by atoms with Crippen LogP contribution < -0.4 is 0 Å². The number of allylic oxidation sites excluding steroid dienone is 4. The van der Waals surface area contributed by atoms with Crippen molar-refractivity contribution in [2.45, 2.75) is 34.1 Å². The smallest absolute Gasteiger partial charge is 0.0224 e. The average molecular weight is 216 g/mol. The number of rotatable bonds is 0. The summed E-state index contributed by atoms with van der Waals surface area (Å²) in [6.07, 6.45) is 9.84. The van der Waals surface area contributed by atoms with Crippen molar-refractivity contribution >= 4 is 0 Å². The lowest BCUT2D eigenvalue weighted by atomic mass is 10.0. The van der Waals surface area contributed by atoms with E-state index in [1.54, 1.807) is 0 Å². The summed E-state index contributed by atoms with van der Waals surface area (Å²) in [5.41, 5.74) is 1.32. The molecule has 0 bridgehead atoms. The van der Waals surface area contributed by atoms with Crippen LogP contribution in [-0.2, 0) is 0 Å². The van der Waals surface area contributed by atoms with Crippen LogP contribution >= 0.6 is 0 Å². The molecule has 0 saturated heterocycles. The maximum absolute atomic E-state index is 2.22. The van der Waals surface area contributed by atoms with Gasteiger partial charge in [0.1, 0.15) is 0 Å². The molecule has 0 heterocycles. The van der Waals surface area contributed by atoms with Crippen LogP contribution in [0.5, 0.6) is 0 Å². The molecule has 0 spiro atoms. The third kappa shape index (κ3) is 8.05. The summed E-state index contributed by atoms with van der Waals surface area (Å²) in [4.78, 5) is 0. The quantitative estimate of drug-likeness (QED) is 0.562. The molecule has 88 valence electrons. The second-order valence-corrected chi connectivity index (χ2v) is 3.68. The second-order valence-electron chi connectivity index (χ2n) is 3.68. The van der Waals surface area contributed by atoms with Crippen LogP contribution in [-0.4, -0.2) is 0 Å². The molecule has 0 radical (unpaired) electrons. The fraction of sp³-hybridized carbons (Fsp3) is 0.375. The zero-order chi connectivity index (χ0) is 12.2. The molecule has 0 amide bonds. The Morgan fingerprint density at radius 1 is 1.00 bits per heavy atom. The highest BCUT2D eigenvalue weighted by Gasteiger charge is 1.93. The Morgan fingerprint density at radius 3 is 1.88 bits per heavy atom. The summed E-state index contributed by atoms with van der Waals surface area (Å²) in [6.45, 7) is 8.31. The van der Waals surface area contributed by atoms with Crippen LogP contribution in [0.25, 0.3) is 0 Å². The molecule has 1 unspecified atom stereocenters. The summed E-state index contributed by atoms with van der Waals surface area (Å²) in [6, 6.07) is 10.3. The van der Waals surface area contributed by atoms with Gasteiger partial charge in [0, 0.05) is 0 Å². The van der Waals surface area contributed by atoms with Gasteiger partial charge in [0.25, 0.3) is 0 Å². The Labute approximate surface area is 101 Å². The molecule has 2 rings (SSSR count). The molecule has 0 saturated carbocycles. The van der Waals surface area contributed by atoms with E-state index >= 15 is 0 Å². The van der Waals surface area contributed by atoms with E-state index in [0.29, 0.717) is 0 Å². The molecular weight excluding hydrogens is 192 g/mol. The molecule has 0 aliphatic heterocycles. The van der Waals surface area contributed by atoms with Gasteiger partial charge in [-0.2, -0.15) is 0 Å². The van der Waals surface area contributed by atoms with Gasteiger partial charge >= 0.3 is 0 Å². The van der Waals surface area contributed by atoms with Crippen molar-refractivity contribution in [3.05, 3.63) is 60.2 Å². The normalized spacial score (nSPS) is 16.6. The Morgan fingerprint density at radius 2 is 1.62 bits per heavy atom. The summed E-state index contributed by atoms with van der Waals surface area (Å²) >= 11 is 0. The van der Waals surface area contributed by atoms with Crippen LogP contribution in [0.3, 0.4) is 0 Å². The van der Waals surface area contributed by atoms with Gasteiger partial charge in [-0.1, -0.05) is 81.0 Å². The minimum atomic E-state index is 0.769. The van der Waals surface area contributed by atoms with Gasteiger partial charge in [-0.05, 0) is 19.3 Å². The molecule has 1 aliphatic carbocycles. The molecule has 16 heavy (non-hydrogen) atoms. The van der Waals surface area contributed by atoms with Gasteiger partial charge in [0.2, 0.25) is 0 Å². The molecule has 0 aromatic heterocycles. The highest BCUT2D eigenvalue weighted by atomic mass is 14.0. The van der Waals surface area contributed by atoms with E-state index in [9.17, 15) is 0 Å². The highest BCUT2D eigenvalue weighted by molar-refractivity contribution is 5.11. The molecule has 1 atom stereocenters. The Kier molecular flexibility index (Phi) is 9.39. The number of aryl methyl sites for hydroxylation is 1. The third-order valence-corrected chi connectivity index (χ3v) is 2.14. The Bertz CT molecular complexity index is 293. The average Bonchev–Trinajstić information content (AvgIpc) is 2.34. The number of hydrogen-bond acceptors (Lipinski definition) is 0. The van der Waals surface area contributed by atoms with Crippen LogP contribution in [0.2, 0.25) is 0 Å². The van der Waals surface area contributed by atoms with E-state index in [2.05, 4.69) is 50.3 Å². The second kappa shape index (κ2) is 10.2. The van der Waals surface area contributed by atoms with Crippen molar-refractivity contribution in [2.24, 2.45) is 5.92 Å². The topological polar surface area (TPSA) is 0 Å². The summed E-state index contributed by atoms with van der Waals surface area (Å²) in [7, 11) is 0. The first-order valence-electron chi connectivity index (χ1n) is 6.14. The maximum Gasteiger partial charge on any atom is -0.0224 e. The Hall–Kier alpha value is -1.30. The highest BCUT2D eigenvalue weighted by Crippen LogP contribution is 2.08. The van der Waals surface area contributed by atoms with E-state index in [1.807, 2.05) is 32.0 Å². The molecule has 0 nitrogen and oxygen atoms in total. The largest absolute Gasteiger partial charge is 0.0840 e. The third-order valence-electron chi connectivity index (χ3n) is 2.14. The van der Waals surface area contributed by atoms with Gasteiger partial charge in [0.15, 0.2) is 0 Å². The lowest BCUT2D eigenvalue weighted by Gasteiger charge is -2.02. The number of hydrogen-bond donors (Lipinski definition) is 0. The van der Waals surface area contributed by atoms with Crippen molar-refractivity contribution in [1.82, 2.24) is 0 Å². The van der Waals surface area contributed by atoms with Crippen molar-refractivity contribution in [2.75, 3.05) is 0 Å². The Balaban J connectivity index is 0.000000244. The van der Waals surface area contributed by atoms with E-state index in [4.69, 9.17) is 0 Å². The zero-order valence-corrected chi connectivity index (χ0v) is 11.0. The van der Waals surface area contributed by atoms with Gasteiger partial charge in [0.05, 0.1) is 0 Å². The lowest BCUT2D eigenvalue weighted by molar-refractivity contribution is 0.737. The van der Waals surface area contributed by atoms with Crippen LogP contribution in [0.15, 0.2) is 54.6 Å². The van der Waals surface area contributed by atoms with E-state index in [0.717, 1.165) is 5.92 Å². The molecule has 1 aromatic carbocycles. The SMILES string of the molecule is CC.CC1C=CC=CC1.Cc1ccccc1. The molecule has 0 heteroatoms. The fourth-order valence-corrected chi connectivity index (χ4v) is 1.24. The summed E-state index contributed by atoms with van der Waals surface area (Å²) < 4.78 is 0. The molecule has 0 N–H and O–H groups in total. The lowest BCUT2D eigenvalue weighted by Crippen LogP contribution is -1.87. The first-order valence-corrected chi connectivity index (χ1v) is 6.14. The molecule has 1 aromatic rings. The van der Waals surface area contributed by atoms with Crippen molar-refractivity contribution in [1.29, 1.82) is 0 Å². The van der Waals surface area contributed by atoms with Crippen LogP contribution in [0.1, 0.15) is 32.8 Å². The zero-order valence-electron chi connectivity index (χ0n) is 11.0. The van der Waals surface area contributed by atoms with Gasteiger partial charge < -0.3 is 0 Å². The van der Waals surface area contributed by atoms with Crippen molar-refractivity contribution in [3.63, 3.8) is 0 Å². The first kappa shape index (κ1) is 14.7. The van der Waals surface area contributed by atoms with Crippen molar-refractivity contribution < 1.29 is 0 Å². The van der Waals surface area contributed by atoms with E-state index in [1.165, 1.54) is 12.0 Å². The minimum absolute atomic E-state index is 0.769. The van der Waals surface area contributed by atoms with Gasteiger partial charge in [-0.15, -0.1) is 0 Å². The van der Waals surface area contributed by atoms with Gasteiger partial charge in [-0.25, -0.2) is 0 Å². The molecule has 1 aliphatic rings. The van der Waals surface area contributed by atoms with Gasteiger partial charge in [-0.3, -0.25) is 0 Å². The van der Waals surface area contributed by atoms with E-state index < -0.39 is 0 Å². The summed E-state index contributed by atoms with van der Waals surface area (Å²) in [5.74, 6) is 0.769. The predicted molar refractivity (Wildman–Crippen MR) is 74.6 cm³/mol. The monoisotopic (exact) mass is 216 g/mol. The minimum Gasteiger partial charge on any atom is -0.0840 e. The molecule has 0 fully saturated rings. The standard InChI is InChI=1S/C7H10.C7H8.C2H6/c2*1-7-5-3-2-4-6-7;1-2/h2-5,7H,6H2,1H3;2-6H,1H3;1-2H3. The maximum atomic E-state index is 2.22. The first-order chi connectivity index (χ1) is 7.79. The number of benzene rings is 1.